The van der Waals surface area contributed by atoms with E-state index in [0.29, 0.717) is 18.6 Å². The van der Waals surface area contributed by atoms with Crippen LogP contribution in [0.15, 0.2) is 6.07 Å². The smallest absolute Gasteiger partial charge is 0.223 e. The van der Waals surface area contributed by atoms with Crippen LogP contribution in [0.4, 0.5) is 11.8 Å². The van der Waals surface area contributed by atoms with Crippen molar-refractivity contribution in [2.24, 2.45) is 0 Å². The molecule has 110 valence electrons. The number of nitrogens with zero attached hydrogens (tertiary/aromatic N) is 3. The van der Waals surface area contributed by atoms with Gasteiger partial charge in [-0.3, -0.25) is 0 Å². The number of fused-ring (bicyclic) bond motifs is 1. The summed E-state index contributed by atoms with van der Waals surface area (Å²) in [5.74, 6) is 1.25. The maximum atomic E-state index is 5.87. The molecule has 2 aromatic rings. The number of thiophene rings is 1. The molecule has 0 amide bonds. The van der Waals surface area contributed by atoms with Crippen molar-refractivity contribution < 1.29 is 4.74 Å². The molecule has 0 aromatic carbocycles. The molecule has 0 spiro atoms. The number of anilines is 2. The van der Waals surface area contributed by atoms with Crippen molar-refractivity contribution in [3.05, 3.63) is 10.9 Å². The molecule has 0 aliphatic heterocycles. The summed E-state index contributed by atoms with van der Waals surface area (Å²) in [4.78, 5) is 13.3. The van der Waals surface area contributed by atoms with Gasteiger partial charge in [0, 0.05) is 24.6 Å². The van der Waals surface area contributed by atoms with E-state index in [1.54, 1.807) is 18.4 Å². The SMILES string of the molecule is CCc1cc2c(N(CCOC)C(C)C)nc(N)nc2s1. The second-order valence-corrected chi connectivity index (χ2v) is 6.09. The first-order chi connectivity index (χ1) is 9.56. The van der Waals surface area contributed by atoms with Crippen LogP contribution in [-0.4, -0.2) is 36.3 Å². The van der Waals surface area contributed by atoms with Gasteiger partial charge in [0.1, 0.15) is 10.6 Å². The number of hydrogen-bond donors (Lipinski definition) is 1. The molecule has 2 aromatic heterocycles. The molecular weight excluding hydrogens is 272 g/mol. The summed E-state index contributed by atoms with van der Waals surface area (Å²) >= 11 is 1.69. The lowest BCUT2D eigenvalue weighted by Gasteiger charge is -2.28. The van der Waals surface area contributed by atoms with E-state index in [1.165, 1.54) is 4.88 Å². The Kier molecular flexibility index (Phi) is 4.77. The quantitative estimate of drug-likeness (QED) is 0.887. The van der Waals surface area contributed by atoms with Gasteiger partial charge in [0.05, 0.1) is 12.0 Å². The van der Waals surface area contributed by atoms with Gasteiger partial charge in [0.15, 0.2) is 0 Å². The predicted molar refractivity (Wildman–Crippen MR) is 85.6 cm³/mol. The molecule has 2 N–H and O–H groups in total. The molecule has 0 radical (unpaired) electrons. The Balaban J connectivity index is 2.51. The van der Waals surface area contributed by atoms with E-state index in [0.717, 1.165) is 29.0 Å². The lowest BCUT2D eigenvalue weighted by Crippen LogP contribution is -2.34. The van der Waals surface area contributed by atoms with Gasteiger partial charge in [0.2, 0.25) is 5.95 Å². The van der Waals surface area contributed by atoms with Crippen molar-refractivity contribution in [3.63, 3.8) is 0 Å². The third-order valence-electron chi connectivity index (χ3n) is 3.22. The first kappa shape index (κ1) is 15.0. The molecule has 0 saturated heterocycles. The molecule has 0 atom stereocenters. The molecule has 20 heavy (non-hydrogen) atoms. The van der Waals surface area contributed by atoms with Crippen LogP contribution in [0.2, 0.25) is 0 Å². The first-order valence-electron chi connectivity index (χ1n) is 6.88. The predicted octanol–water partition coefficient (Wildman–Crippen LogP) is 2.70. The van der Waals surface area contributed by atoms with Crippen LogP contribution in [0.5, 0.6) is 0 Å². The summed E-state index contributed by atoms with van der Waals surface area (Å²) in [6.07, 6.45) is 1.00. The van der Waals surface area contributed by atoms with Gasteiger partial charge < -0.3 is 15.4 Å². The van der Waals surface area contributed by atoms with E-state index in [-0.39, 0.29) is 0 Å². The van der Waals surface area contributed by atoms with Crippen LogP contribution in [0.1, 0.15) is 25.6 Å². The Bertz CT molecular complexity index is 582. The van der Waals surface area contributed by atoms with E-state index in [2.05, 4.69) is 41.7 Å². The van der Waals surface area contributed by atoms with Gasteiger partial charge >= 0.3 is 0 Å². The summed E-state index contributed by atoms with van der Waals surface area (Å²) in [7, 11) is 1.71. The van der Waals surface area contributed by atoms with Crippen LogP contribution in [0.25, 0.3) is 10.2 Å². The summed E-state index contributed by atoms with van der Waals surface area (Å²) in [5.41, 5.74) is 5.87. The molecule has 0 fully saturated rings. The molecule has 2 heterocycles. The van der Waals surface area contributed by atoms with Crippen LogP contribution in [0.3, 0.4) is 0 Å². The van der Waals surface area contributed by atoms with Crippen molar-refractivity contribution in [1.29, 1.82) is 0 Å². The number of nitrogens with two attached hydrogens (primary N) is 1. The number of hydrogen-bond acceptors (Lipinski definition) is 6. The highest BCUT2D eigenvalue weighted by Gasteiger charge is 2.18. The van der Waals surface area contributed by atoms with Crippen LogP contribution < -0.4 is 10.6 Å². The fourth-order valence-corrected chi connectivity index (χ4v) is 3.13. The monoisotopic (exact) mass is 294 g/mol. The zero-order valence-electron chi connectivity index (χ0n) is 12.5. The highest BCUT2D eigenvalue weighted by atomic mass is 32.1. The fraction of sp³-hybridized carbons (Fsp3) is 0.571. The van der Waals surface area contributed by atoms with E-state index in [1.807, 2.05) is 0 Å². The number of nitrogen functional groups attached to an aromatic ring is 1. The highest BCUT2D eigenvalue weighted by molar-refractivity contribution is 7.18. The zero-order valence-corrected chi connectivity index (χ0v) is 13.3. The Hall–Kier alpha value is -1.40. The zero-order chi connectivity index (χ0) is 14.7. The average molecular weight is 294 g/mol. The summed E-state index contributed by atoms with van der Waals surface area (Å²) in [5, 5.41) is 1.09. The molecule has 2 rings (SSSR count). The largest absolute Gasteiger partial charge is 0.383 e. The maximum Gasteiger partial charge on any atom is 0.223 e. The standard InChI is InChI=1S/C14H22N4OS/c1-5-10-8-11-12(16-14(15)17-13(11)20-10)18(9(2)3)6-7-19-4/h8-9H,5-7H2,1-4H3,(H2,15,16,17). The Morgan fingerprint density at radius 3 is 2.75 bits per heavy atom. The average Bonchev–Trinajstić information content (AvgIpc) is 2.81. The topological polar surface area (TPSA) is 64.3 Å². The third-order valence-corrected chi connectivity index (χ3v) is 4.39. The lowest BCUT2D eigenvalue weighted by molar-refractivity contribution is 0.203. The molecule has 0 aliphatic carbocycles. The lowest BCUT2D eigenvalue weighted by atomic mass is 10.2. The minimum atomic E-state index is 0.327. The summed E-state index contributed by atoms with van der Waals surface area (Å²) in [6, 6.07) is 2.50. The molecule has 0 aliphatic rings. The van der Waals surface area contributed by atoms with E-state index < -0.39 is 0 Å². The number of rotatable bonds is 6. The summed E-state index contributed by atoms with van der Waals surface area (Å²) in [6.45, 7) is 7.89. The molecule has 0 unspecified atom stereocenters. The van der Waals surface area contributed by atoms with Gasteiger partial charge in [-0.15, -0.1) is 11.3 Å². The van der Waals surface area contributed by atoms with Crippen molar-refractivity contribution >= 4 is 33.3 Å². The van der Waals surface area contributed by atoms with Gasteiger partial charge in [0.25, 0.3) is 0 Å². The van der Waals surface area contributed by atoms with Gasteiger partial charge in [-0.05, 0) is 26.3 Å². The molecule has 6 heteroatoms. The molecule has 5 nitrogen and oxygen atoms in total. The minimum absolute atomic E-state index is 0.327. The third kappa shape index (κ3) is 3.02. The maximum absolute atomic E-state index is 5.87. The van der Waals surface area contributed by atoms with Gasteiger partial charge in [-0.1, -0.05) is 6.92 Å². The number of aryl methyl sites for hydroxylation is 1. The van der Waals surface area contributed by atoms with Gasteiger partial charge in [-0.25, -0.2) is 4.98 Å². The number of methoxy groups -OCH3 is 1. The highest BCUT2D eigenvalue weighted by Crippen LogP contribution is 2.32. The Morgan fingerprint density at radius 1 is 1.40 bits per heavy atom. The second kappa shape index (κ2) is 6.37. The van der Waals surface area contributed by atoms with Crippen molar-refractivity contribution in [2.45, 2.75) is 33.2 Å². The Morgan fingerprint density at radius 2 is 2.15 bits per heavy atom. The number of aromatic nitrogens is 2. The van der Waals surface area contributed by atoms with Gasteiger partial charge in [-0.2, -0.15) is 4.98 Å². The first-order valence-corrected chi connectivity index (χ1v) is 7.70. The van der Waals surface area contributed by atoms with E-state index in [4.69, 9.17) is 10.5 Å². The van der Waals surface area contributed by atoms with E-state index >= 15 is 0 Å². The summed E-state index contributed by atoms with van der Waals surface area (Å²) < 4.78 is 5.20. The molecule has 0 saturated carbocycles. The normalized spacial score (nSPS) is 11.4. The van der Waals surface area contributed by atoms with Crippen LogP contribution in [-0.2, 0) is 11.2 Å². The van der Waals surface area contributed by atoms with Crippen LogP contribution >= 0.6 is 11.3 Å². The molecular formula is C14H22N4OS. The van der Waals surface area contributed by atoms with Crippen LogP contribution in [0, 0.1) is 0 Å². The fourth-order valence-electron chi connectivity index (χ4n) is 2.16. The van der Waals surface area contributed by atoms with Crippen molar-refractivity contribution in [3.8, 4) is 0 Å². The van der Waals surface area contributed by atoms with Crippen molar-refractivity contribution in [2.75, 3.05) is 30.9 Å². The number of ether oxygens (including phenoxy) is 1. The van der Waals surface area contributed by atoms with Crippen molar-refractivity contribution in [1.82, 2.24) is 9.97 Å². The minimum Gasteiger partial charge on any atom is -0.383 e. The Labute approximate surface area is 123 Å². The second-order valence-electron chi connectivity index (χ2n) is 4.97. The molecule has 0 bridgehead atoms. The van der Waals surface area contributed by atoms with E-state index in [9.17, 15) is 0 Å².